The highest BCUT2D eigenvalue weighted by Crippen LogP contribution is 2.29. The number of hydrogen-bond donors (Lipinski definition) is 4. The van der Waals surface area contributed by atoms with E-state index in [4.69, 9.17) is 5.41 Å². The van der Waals surface area contributed by atoms with E-state index in [1.807, 2.05) is 13.0 Å². The van der Waals surface area contributed by atoms with Crippen molar-refractivity contribution in [1.29, 1.82) is 5.41 Å². The van der Waals surface area contributed by atoms with E-state index in [1.54, 1.807) is 31.6 Å². The van der Waals surface area contributed by atoms with Crippen molar-refractivity contribution in [3.05, 3.63) is 76.2 Å². The van der Waals surface area contributed by atoms with Crippen LogP contribution in [0.2, 0.25) is 0 Å². The van der Waals surface area contributed by atoms with E-state index >= 15 is 0 Å². The van der Waals surface area contributed by atoms with Crippen molar-refractivity contribution in [2.75, 3.05) is 44.7 Å². The van der Waals surface area contributed by atoms with Crippen LogP contribution in [0.1, 0.15) is 54.8 Å². The number of amidine groups is 1. The van der Waals surface area contributed by atoms with Gasteiger partial charge < -0.3 is 25.2 Å². The predicted molar refractivity (Wildman–Crippen MR) is 174 cm³/mol. The second kappa shape index (κ2) is 15.5. The Hall–Kier alpha value is -4.22. The number of allylic oxidation sites excluding steroid dienone is 3. The maximum Gasteiger partial charge on any atom is 0.215 e. The molecule has 11 nitrogen and oxygen atoms in total. The first-order valence-corrected chi connectivity index (χ1v) is 15.4. The highest BCUT2D eigenvalue weighted by atomic mass is 16.3. The molecule has 11 heteroatoms. The normalized spacial score (nSPS) is 16.7. The number of rotatable bonds is 13. The van der Waals surface area contributed by atoms with E-state index < -0.39 is 0 Å². The molecule has 1 saturated heterocycles. The first kappa shape index (κ1) is 32.7. The number of amides is 2. The van der Waals surface area contributed by atoms with Crippen LogP contribution in [-0.4, -0.2) is 82.9 Å². The molecule has 0 unspecified atom stereocenters. The van der Waals surface area contributed by atoms with Gasteiger partial charge in [-0.15, -0.1) is 0 Å². The number of hydrogen-bond acceptors (Lipinski definition) is 7. The van der Waals surface area contributed by atoms with E-state index in [9.17, 15) is 14.7 Å². The van der Waals surface area contributed by atoms with Gasteiger partial charge in [0, 0.05) is 92.2 Å². The molecule has 2 aromatic heterocycles. The first-order valence-electron chi connectivity index (χ1n) is 15.4. The summed E-state index contributed by atoms with van der Waals surface area (Å²) in [4.78, 5) is 33.7. The smallest absolute Gasteiger partial charge is 0.215 e. The summed E-state index contributed by atoms with van der Waals surface area (Å²) in [5.41, 5.74) is 7.30. The van der Waals surface area contributed by atoms with Gasteiger partial charge in [-0.2, -0.15) is 0 Å². The maximum atomic E-state index is 12.4. The van der Waals surface area contributed by atoms with E-state index in [-0.39, 0.29) is 12.4 Å². The van der Waals surface area contributed by atoms with Gasteiger partial charge in [0.15, 0.2) is 0 Å². The molecule has 0 atom stereocenters. The number of nitrogens with one attached hydrogen (secondary N) is 3. The van der Waals surface area contributed by atoms with E-state index in [0.29, 0.717) is 47.7 Å². The number of aryl methyl sites for hydroxylation is 2. The van der Waals surface area contributed by atoms with Crippen molar-refractivity contribution in [2.45, 2.75) is 59.6 Å². The third-order valence-electron chi connectivity index (χ3n) is 8.23. The SMILES string of the molecule is CCN1CCN/C(=C\C(=N)N/C(C)=C/C(=C\N(C)C=O)c2ccnc(N(C=O)CCn3c(C)cc4c3CCCC4)c2CO)C1. The summed E-state index contributed by atoms with van der Waals surface area (Å²) in [6.07, 6.45) is 12.8. The monoisotopic (exact) mass is 602 g/mol. The average Bonchev–Trinajstić information content (AvgIpc) is 3.35. The van der Waals surface area contributed by atoms with Crippen LogP contribution >= 0.6 is 0 Å². The highest BCUT2D eigenvalue weighted by Gasteiger charge is 2.20. The highest BCUT2D eigenvalue weighted by molar-refractivity contribution is 5.92. The molecule has 0 bridgehead atoms. The largest absolute Gasteiger partial charge is 0.392 e. The number of nitrogens with zero attached hydrogens (tertiary/aromatic N) is 5. The Bertz CT molecular complexity index is 1440. The molecule has 44 heavy (non-hydrogen) atoms. The maximum absolute atomic E-state index is 12.4. The van der Waals surface area contributed by atoms with E-state index in [0.717, 1.165) is 51.1 Å². The molecule has 0 spiro atoms. The van der Waals surface area contributed by atoms with Crippen molar-refractivity contribution in [3.8, 4) is 0 Å². The Morgan fingerprint density at radius 1 is 1.25 bits per heavy atom. The summed E-state index contributed by atoms with van der Waals surface area (Å²) in [6, 6.07) is 4.01. The number of carbonyl (C=O) groups is 2. The van der Waals surface area contributed by atoms with Crippen LogP contribution in [0.15, 0.2) is 48.1 Å². The summed E-state index contributed by atoms with van der Waals surface area (Å²) in [5.74, 6) is 0.605. The molecule has 1 aliphatic carbocycles. The topological polar surface area (TPSA) is 130 Å². The fraction of sp³-hybridized carbons (Fsp3) is 0.455. The molecular weight excluding hydrogens is 556 g/mol. The zero-order valence-electron chi connectivity index (χ0n) is 26.4. The number of fused-ring (bicyclic) bond motifs is 1. The molecule has 4 N–H and O–H groups in total. The van der Waals surface area contributed by atoms with Gasteiger partial charge in [-0.05, 0) is 75.4 Å². The van der Waals surface area contributed by atoms with Gasteiger partial charge in [-0.3, -0.25) is 24.8 Å². The molecule has 1 fully saturated rings. The molecule has 2 aromatic rings. The standard InChI is InChI=1S/C33H46N8O3/c1-5-39-13-12-35-28(20-39)18-32(34)37-24(2)16-27(19-38(4)22-43)29-10-11-36-33(30(29)21-42)40(23-44)14-15-41-25(3)17-26-8-6-7-9-31(26)41/h10-11,16-19,22-23,35,42H,5-9,12-15,20-21H2,1-4H3,(H2,34,37)/b24-16+,27-19+,28-18-. The molecule has 4 rings (SSSR count). The van der Waals surface area contributed by atoms with Gasteiger partial charge in [0.1, 0.15) is 11.7 Å². The van der Waals surface area contributed by atoms with Crippen LogP contribution in [0.5, 0.6) is 0 Å². The molecule has 2 aliphatic rings. The van der Waals surface area contributed by atoms with Crippen LogP contribution in [0.4, 0.5) is 5.82 Å². The van der Waals surface area contributed by atoms with Crippen molar-refractivity contribution >= 4 is 30.0 Å². The molecule has 0 saturated carbocycles. The lowest BCUT2D eigenvalue weighted by Gasteiger charge is -2.28. The summed E-state index contributed by atoms with van der Waals surface area (Å²) < 4.78 is 2.29. The fourth-order valence-electron chi connectivity index (χ4n) is 6.05. The third kappa shape index (κ3) is 8.03. The van der Waals surface area contributed by atoms with E-state index in [1.165, 1.54) is 39.6 Å². The first-order chi connectivity index (χ1) is 21.3. The Labute approximate surface area is 260 Å². The Morgan fingerprint density at radius 3 is 2.77 bits per heavy atom. The van der Waals surface area contributed by atoms with Crippen molar-refractivity contribution in [1.82, 2.24) is 30.0 Å². The second-order valence-corrected chi connectivity index (χ2v) is 11.4. The lowest BCUT2D eigenvalue weighted by atomic mass is 9.98. The summed E-state index contributed by atoms with van der Waals surface area (Å²) in [7, 11) is 1.63. The van der Waals surface area contributed by atoms with Gasteiger partial charge in [-0.25, -0.2) is 4.98 Å². The third-order valence-corrected chi connectivity index (χ3v) is 8.23. The number of aliphatic hydroxyl groups is 1. The molecule has 1 aliphatic heterocycles. The molecule has 0 aromatic carbocycles. The van der Waals surface area contributed by atoms with Crippen LogP contribution in [0.3, 0.4) is 0 Å². The quantitative estimate of drug-likeness (QED) is 0.120. The Balaban J connectivity index is 1.59. The van der Waals surface area contributed by atoms with Gasteiger partial charge in [-0.1, -0.05) is 6.92 Å². The molecule has 0 radical (unpaired) electrons. The minimum atomic E-state index is -0.356. The molecule has 3 heterocycles. The Kier molecular flexibility index (Phi) is 11.5. The zero-order chi connectivity index (χ0) is 31.6. The predicted octanol–water partition coefficient (Wildman–Crippen LogP) is 2.93. The van der Waals surface area contributed by atoms with Crippen LogP contribution < -0.4 is 15.5 Å². The summed E-state index contributed by atoms with van der Waals surface area (Å²) >= 11 is 0. The minimum absolute atomic E-state index is 0.231. The zero-order valence-corrected chi connectivity index (χ0v) is 26.4. The van der Waals surface area contributed by atoms with Crippen molar-refractivity contribution < 1.29 is 14.7 Å². The Morgan fingerprint density at radius 2 is 2.05 bits per heavy atom. The van der Waals surface area contributed by atoms with Gasteiger partial charge in [0.2, 0.25) is 12.8 Å². The average molecular weight is 603 g/mol. The number of likely N-dealkylation sites (N-methyl/N-ethyl adjacent to an activating group) is 1. The van der Waals surface area contributed by atoms with Crippen molar-refractivity contribution in [3.63, 3.8) is 0 Å². The van der Waals surface area contributed by atoms with Crippen molar-refractivity contribution in [2.24, 2.45) is 0 Å². The number of anilines is 1. The van der Waals surface area contributed by atoms with Crippen LogP contribution in [-0.2, 0) is 35.6 Å². The second-order valence-electron chi connectivity index (χ2n) is 11.4. The number of aliphatic hydroxyl groups excluding tert-OH is 1. The van der Waals surface area contributed by atoms with Gasteiger partial charge >= 0.3 is 0 Å². The van der Waals surface area contributed by atoms with Gasteiger partial charge in [0.25, 0.3) is 0 Å². The summed E-state index contributed by atoms with van der Waals surface area (Å²) in [6.45, 7) is 10.3. The molecule has 236 valence electrons. The lowest BCUT2D eigenvalue weighted by Crippen LogP contribution is -2.42. The number of piperazine rings is 1. The van der Waals surface area contributed by atoms with Crippen LogP contribution in [0, 0.1) is 12.3 Å². The van der Waals surface area contributed by atoms with Gasteiger partial charge in [0.05, 0.1) is 6.61 Å². The molecular formula is C33H46N8O3. The number of carbonyl (C=O) groups excluding carboxylic acids is 2. The lowest BCUT2D eigenvalue weighted by molar-refractivity contribution is -0.115. The van der Waals surface area contributed by atoms with E-state index in [2.05, 4.69) is 45.0 Å². The summed E-state index contributed by atoms with van der Waals surface area (Å²) in [5, 5.41) is 25.5. The molecule has 2 amide bonds. The van der Waals surface area contributed by atoms with Crippen LogP contribution in [0.25, 0.3) is 5.57 Å². The fourth-order valence-corrected chi connectivity index (χ4v) is 6.05. The number of pyridine rings is 1. The number of aromatic nitrogens is 2. The minimum Gasteiger partial charge on any atom is -0.392 e.